The van der Waals surface area contributed by atoms with Gasteiger partial charge in [-0.15, -0.1) is 10.2 Å². The first kappa shape index (κ1) is 22.4. The molecule has 0 saturated carbocycles. The Balaban J connectivity index is 1.61. The molecule has 0 unspecified atom stereocenters. The second-order valence-corrected chi connectivity index (χ2v) is 8.37. The van der Waals surface area contributed by atoms with Gasteiger partial charge < -0.3 is 5.32 Å². The molecule has 0 spiro atoms. The van der Waals surface area contributed by atoms with Crippen LogP contribution in [0, 0.1) is 12.7 Å². The Hall–Kier alpha value is -3.78. The maximum absolute atomic E-state index is 14.5. The van der Waals surface area contributed by atoms with E-state index < -0.39 is 5.82 Å². The van der Waals surface area contributed by atoms with Gasteiger partial charge in [-0.25, -0.2) is 4.39 Å². The molecular weight excluding hydrogens is 439 g/mol. The first-order valence-electron chi connectivity index (χ1n) is 10.2. The average Bonchev–Trinajstić information content (AvgIpc) is 3.22. The van der Waals surface area contributed by atoms with E-state index in [4.69, 9.17) is 0 Å². The molecular formula is C25H21FN4O2S. The third kappa shape index (κ3) is 5.18. The number of thioether (sulfide) groups is 1. The monoisotopic (exact) mass is 460 g/mol. The fourth-order valence-corrected chi connectivity index (χ4v) is 4.11. The number of rotatable bonds is 7. The molecule has 0 fully saturated rings. The van der Waals surface area contributed by atoms with Crippen molar-refractivity contribution in [2.45, 2.75) is 19.0 Å². The molecule has 0 aliphatic carbocycles. The van der Waals surface area contributed by atoms with Crippen LogP contribution in [-0.4, -0.2) is 32.2 Å². The highest BCUT2D eigenvalue weighted by atomic mass is 32.2. The molecule has 0 aliphatic rings. The summed E-state index contributed by atoms with van der Waals surface area (Å²) in [5.41, 5.74) is 3.34. The van der Waals surface area contributed by atoms with E-state index in [-0.39, 0.29) is 17.4 Å². The van der Waals surface area contributed by atoms with Crippen LogP contribution in [0.15, 0.2) is 78.0 Å². The van der Waals surface area contributed by atoms with Crippen LogP contribution in [-0.2, 0) is 4.79 Å². The smallest absolute Gasteiger partial charge is 0.221 e. The van der Waals surface area contributed by atoms with Crippen molar-refractivity contribution in [2.24, 2.45) is 0 Å². The summed E-state index contributed by atoms with van der Waals surface area (Å²) >= 11 is 1.23. The quantitative estimate of drug-likeness (QED) is 0.299. The van der Waals surface area contributed by atoms with Crippen molar-refractivity contribution in [3.63, 3.8) is 0 Å². The first-order valence-corrected chi connectivity index (χ1v) is 11.2. The summed E-state index contributed by atoms with van der Waals surface area (Å²) in [7, 11) is 0. The van der Waals surface area contributed by atoms with Gasteiger partial charge in [0.05, 0.1) is 11.3 Å². The van der Waals surface area contributed by atoms with Crippen LogP contribution in [0.5, 0.6) is 0 Å². The lowest BCUT2D eigenvalue weighted by atomic mass is 10.1. The normalized spacial score (nSPS) is 10.8. The summed E-state index contributed by atoms with van der Waals surface area (Å²) in [6, 6.07) is 20.8. The number of halogens is 1. The van der Waals surface area contributed by atoms with E-state index in [0.29, 0.717) is 27.8 Å². The van der Waals surface area contributed by atoms with Gasteiger partial charge in [0.2, 0.25) is 5.91 Å². The molecule has 3 aromatic carbocycles. The van der Waals surface area contributed by atoms with E-state index in [1.54, 1.807) is 47.0 Å². The maximum Gasteiger partial charge on any atom is 0.221 e. The number of carbonyl (C=O) groups excluding carboxylic acids is 2. The molecule has 6 nitrogen and oxygen atoms in total. The number of ketones is 1. The standard InChI is InChI=1S/C25H21FN4O2S/c1-16-7-13-20(14-8-16)30-24(21-5-3-4-6-22(21)26)28-29-25(30)33-15-23(32)18-9-11-19(12-10-18)27-17(2)31/h3-14H,15H2,1-2H3,(H,27,31). The van der Waals surface area contributed by atoms with E-state index in [9.17, 15) is 14.0 Å². The number of carbonyl (C=O) groups is 2. The number of nitrogens with zero attached hydrogens (tertiary/aromatic N) is 3. The maximum atomic E-state index is 14.5. The minimum atomic E-state index is -0.398. The summed E-state index contributed by atoms with van der Waals surface area (Å²) in [6.45, 7) is 3.41. The Kier molecular flexibility index (Phi) is 6.65. The molecule has 4 aromatic rings. The van der Waals surface area contributed by atoms with Gasteiger partial charge in [0.25, 0.3) is 0 Å². The van der Waals surface area contributed by atoms with E-state index in [1.807, 2.05) is 31.2 Å². The molecule has 0 aliphatic heterocycles. The number of hydrogen-bond donors (Lipinski definition) is 1. The number of anilines is 1. The van der Waals surface area contributed by atoms with Crippen molar-refractivity contribution in [1.29, 1.82) is 0 Å². The fourth-order valence-electron chi connectivity index (χ4n) is 3.26. The predicted octanol–water partition coefficient (Wildman–Crippen LogP) is 5.32. The lowest BCUT2D eigenvalue weighted by molar-refractivity contribution is -0.114. The Bertz CT molecular complexity index is 1300. The lowest BCUT2D eigenvalue weighted by Gasteiger charge is -2.11. The molecule has 33 heavy (non-hydrogen) atoms. The molecule has 0 atom stereocenters. The predicted molar refractivity (Wildman–Crippen MR) is 127 cm³/mol. The summed E-state index contributed by atoms with van der Waals surface area (Å²) in [4.78, 5) is 23.9. The zero-order valence-electron chi connectivity index (χ0n) is 18.1. The average molecular weight is 461 g/mol. The highest BCUT2D eigenvalue weighted by Crippen LogP contribution is 2.30. The van der Waals surface area contributed by atoms with Crippen LogP contribution in [0.2, 0.25) is 0 Å². The highest BCUT2D eigenvalue weighted by Gasteiger charge is 2.19. The van der Waals surface area contributed by atoms with Crippen molar-refractivity contribution in [3.8, 4) is 17.1 Å². The SMILES string of the molecule is CC(=O)Nc1ccc(C(=O)CSc2nnc(-c3ccccc3F)n2-c2ccc(C)cc2)cc1. The van der Waals surface area contributed by atoms with Crippen molar-refractivity contribution in [1.82, 2.24) is 14.8 Å². The molecule has 166 valence electrons. The number of Topliss-reactive ketones (excluding diaryl/α,β-unsaturated/α-hetero) is 1. The van der Waals surface area contributed by atoms with E-state index >= 15 is 0 Å². The molecule has 1 N–H and O–H groups in total. The molecule has 1 amide bonds. The summed E-state index contributed by atoms with van der Waals surface area (Å²) in [5, 5.41) is 11.7. The van der Waals surface area contributed by atoms with Gasteiger partial charge in [0, 0.05) is 23.9 Å². The zero-order chi connectivity index (χ0) is 23.4. The molecule has 1 aromatic heterocycles. The van der Waals surface area contributed by atoms with Crippen molar-refractivity contribution in [2.75, 3.05) is 11.1 Å². The zero-order valence-corrected chi connectivity index (χ0v) is 18.9. The van der Waals surface area contributed by atoms with Gasteiger partial charge in [-0.05, 0) is 55.5 Å². The second kappa shape index (κ2) is 9.79. The Morgan fingerprint density at radius 2 is 1.67 bits per heavy atom. The van der Waals surface area contributed by atoms with Crippen LogP contribution < -0.4 is 5.32 Å². The van der Waals surface area contributed by atoms with Gasteiger partial charge in [-0.3, -0.25) is 14.2 Å². The topological polar surface area (TPSA) is 76.9 Å². The Labute approximate surface area is 194 Å². The Morgan fingerprint density at radius 1 is 0.970 bits per heavy atom. The molecule has 8 heteroatoms. The van der Waals surface area contributed by atoms with Crippen LogP contribution in [0.25, 0.3) is 17.1 Å². The van der Waals surface area contributed by atoms with Crippen LogP contribution in [0.1, 0.15) is 22.8 Å². The number of nitrogens with one attached hydrogen (secondary N) is 1. The Morgan fingerprint density at radius 3 is 2.33 bits per heavy atom. The van der Waals surface area contributed by atoms with E-state index in [1.165, 1.54) is 24.8 Å². The van der Waals surface area contributed by atoms with Crippen LogP contribution in [0.4, 0.5) is 10.1 Å². The third-order valence-corrected chi connectivity index (χ3v) is 5.83. The second-order valence-electron chi connectivity index (χ2n) is 7.43. The molecule has 0 saturated heterocycles. The number of aryl methyl sites for hydroxylation is 1. The molecule has 0 radical (unpaired) electrons. The molecule has 1 heterocycles. The van der Waals surface area contributed by atoms with Gasteiger partial charge in [0.1, 0.15) is 5.82 Å². The lowest BCUT2D eigenvalue weighted by Crippen LogP contribution is -2.07. The van der Waals surface area contributed by atoms with Gasteiger partial charge >= 0.3 is 0 Å². The van der Waals surface area contributed by atoms with Crippen LogP contribution >= 0.6 is 11.8 Å². The van der Waals surface area contributed by atoms with Crippen LogP contribution in [0.3, 0.4) is 0 Å². The fraction of sp³-hybridized carbons (Fsp3) is 0.120. The van der Waals surface area contributed by atoms with Crippen molar-refractivity contribution >= 4 is 29.1 Å². The number of benzene rings is 3. The molecule has 4 rings (SSSR count). The third-order valence-electron chi connectivity index (χ3n) is 4.90. The van der Waals surface area contributed by atoms with Gasteiger partial charge in [-0.2, -0.15) is 0 Å². The summed E-state index contributed by atoms with van der Waals surface area (Å²) < 4.78 is 16.3. The minimum absolute atomic E-state index is 0.0970. The number of aromatic nitrogens is 3. The number of amides is 1. The highest BCUT2D eigenvalue weighted by molar-refractivity contribution is 7.99. The van der Waals surface area contributed by atoms with Crippen molar-refractivity contribution < 1.29 is 14.0 Å². The first-order chi connectivity index (χ1) is 15.9. The van der Waals surface area contributed by atoms with Gasteiger partial charge in [0.15, 0.2) is 16.8 Å². The largest absolute Gasteiger partial charge is 0.326 e. The van der Waals surface area contributed by atoms with Crippen molar-refractivity contribution in [3.05, 3.63) is 89.7 Å². The summed E-state index contributed by atoms with van der Waals surface area (Å²) in [5.74, 6) is -0.177. The van der Waals surface area contributed by atoms with E-state index in [2.05, 4.69) is 15.5 Å². The van der Waals surface area contributed by atoms with E-state index in [0.717, 1.165) is 11.3 Å². The van der Waals surface area contributed by atoms with Gasteiger partial charge in [-0.1, -0.05) is 41.6 Å². The number of hydrogen-bond acceptors (Lipinski definition) is 5. The summed E-state index contributed by atoms with van der Waals surface area (Å²) in [6.07, 6.45) is 0. The minimum Gasteiger partial charge on any atom is -0.326 e. The molecule has 0 bridgehead atoms.